The lowest BCUT2D eigenvalue weighted by Crippen LogP contribution is -2.38. The summed E-state index contributed by atoms with van der Waals surface area (Å²) in [5, 5.41) is 12.5. The first-order valence-corrected chi connectivity index (χ1v) is 6.09. The molecule has 0 aromatic heterocycles. The SMILES string of the molecule is CCOCCCNC1CCCCC1C#N. The molecule has 1 aliphatic rings. The first kappa shape index (κ1) is 12.5. The Kier molecular flexibility index (Phi) is 6.38. The van der Waals surface area contributed by atoms with E-state index in [0.29, 0.717) is 6.04 Å². The summed E-state index contributed by atoms with van der Waals surface area (Å²) >= 11 is 0. The predicted octanol–water partition coefficient (Wildman–Crippen LogP) is 2.08. The van der Waals surface area contributed by atoms with Gasteiger partial charge in [0.05, 0.1) is 12.0 Å². The third-order valence-electron chi connectivity index (χ3n) is 3.01. The number of hydrogen-bond donors (Lipinski definition) is 1. The lowest BCUT2D eigenvalue weighted by molar-refractivity contribution is 0.143. The summed E-state index contributed by atoms with van der Waals surface area (Å²) in [5.74, 6) is 0.228. The van der Waals surface area contributed by atoms with Crippen molar-refractivity contribution in [2.45, 2.75) is 45.1 Å². The average molecular weight is 210 g/mol. The molecule has 0 bridgehead atoms. The zero-order valence-electron chi connectivity index (χ0n) is 9.67. The summed E-state index contributed by atoms with van der Waals surface area (Å²) in [6.07, 6.45) is 5.76. The molecule has 0 radical (unpaired) electrons. The topological polar surface area (TPSA) is 45.0 Å². The number of nitrogens with one attached hydrogen (secondary N) is 1. The fourth-order valence-electron chi connectivity index (χ4n) is 2.14. The molecule has 2 atom stereocenters. The van der Waals surface area contributed by atoms with Crippen molar-refractivity contribution in [1.29, 1.82) is 5.26 Å². The molecule has 86 valence electrons. The molecule has 1 saturated carbocycles. The van der Waals surface area contributed by atoms with Crippen molar-refractivity contribution in [1.82, 2.24) is 5.32 Å². The lowest BCUT2D eigenvalue weighted by Gasteiger charge is -2.27. The molecule has 0 aromatic rings. The first-order valence-electron chi connectivity index (χ1n) is 6.09. The summed E-state index contributed by atoms with van der Waals surface area (Å²) in [4.78, 5) is 0. The molecule has 0 saturated heterocycles. The third-order valence-corrected chi connectivity index (χ3v) is 3.01. The third kappa shape index (κ3) is 4.63. The van der Waals surface area contributed by atoms with Gasteiger partial charge in [0.2, 0.25) is 0 Å². The van der Waals surface area contributed by atoms with E-state index in [1.165, 1.54) is 12.8 Å². The molecule has 0 heterocycles. The second-order valence-corrected chi connectivity index (χ2v) is 4.13. The van der Waals surface area contributed by atoms with Crippen LogP contribution in [0.15, 0.2) is 0 Å². The smallest absolute Gasteiger partial charge is 0.0672 e. The molecular formula is C12H22N2O. The zero-order chi connectivity index (χ0) is 10.9. The Morgan fingerprint density at radius 1 is 1.40 bits per heavy atom. The quantitative estimate of drug-likeness (QED) is 0.683. The normalized spacial score (nSPS) is 26.1. The Bertz CT molecular complexity index is 200. The van der Waals surface area contributed by atoms with E-state index < -0.39 is 0 Å². The van der Waals surface area contributed by atoms with Crippen molar-refractivity contribution in [3.8, 4) is 6.07 Å². The molecule has 0 amide bonds. The molecule has 1 aliphatic carbocycles. The van der Waals surface area contributed by atoms with E-state index in [-0.39, 0.29) is 5.92 Å². The fraction of sp³-hybridized carbons (Fsp3) is 0.917. The largest absolute Gasteiger partial charge is 0.382 e. The standard InChI is InChI=1S/C12H22N2O/c1-2-15-9-5-8-14-12-7-4-3-6-11(12)10-13/h11-12,14H,2-9H2,1H3. The van der Waals surface area contributed by atoms with Gasteiger partial charge in [-0.15, -0.1) is 0 Å². The average Bonchev–Trinajstić information content (AvgIpc) is 2.29. The number of nitrogens with zero attached hydrogens (tertiary/aromatic N) is 1. The lowest BCUT2D eigenvalue weighted by atomic mass is 9.85. The minimum absolute atomic E-state index is 0.228. The van der Waals surface area contributed by atoms with Crippen molar-refractivity contribution >= 4 is 0 Å². The maximum atomic E-state index is 8.99. The molecule has 0 spiro atoms. The van der Waals surface area contributed by atoms with E-state index >= 15 is 0 Å². The minimum atomic E-state index is 0.228. The van der Waals surface area contributed by atoms with Crippen LogP contribution in [0, 0.1) is 17.2 Å². The first-order chi connectivity index (χ1) is 7.38. The molecule has 1 rings (SSSR count). The maximum Gasteiger partial charge on any atom is 0.0672 e. The van der Waals surface area contributed by atoms with Gasteiger partial charge in [0, 0.05) is 19.3 Å². The van der Waals surface area contributed by atoms with E-state index in [2.05, 4.69) is 11.4 Å². The summed E-state index contributed by atoms with van der Waals surface area (Å²) in [6, 6.07) is 2.83. The van der Waals surface area contributed by atoms with Crippen LogP contribution in [0.25, 0.3) is 0 Å². The van der Waals surface area contributed by atoms with Gasteiger partial charge in [-0.3, -0.25) is 0 Å². The molecule has 0 aliphatic heterocycles. The van der Waals surface area contributed by atoms with Crippen molar-refractivity contribution in [2.75, 3.05) is 19.8 Å². The zero-order valence-corrected chi connectivity index (χ0v) is 9.67. The Labute approximate surface area is 92.8 Å². The van der Waals surface area contributed by atoms with Gasteiger partial charge in [0.15, 0.2) is 0 Å². The summed E-state index contributed by atoms with van der Waals surface area (Å²) < 4.78 is 5.27. The highest BCUT2D eigenvalue weighted by Gasteiger charge is 2.23. The minimum Gasteiger partial charge on any atom is -0.382 e. The van der Waals surface area contributed by atoms with E-state index in [4.69, 9.17) is 10.00 Å². The van der Waals surface area contributed by atoms with Gasteiger partial charge < -0.3 is 10.1 Å². The van der Waals surface area contributed by atoms with Crippen LogP contribution in [0.4, 0.5) is 0 Å². The Morgan fingerprint density at radius 2 is 2.20 bits per heavy atom. The van der Waals surface area contributed by atoms with E-state index in [9.17, 15) is 0 Å². The molecule has 15 heavy (non-hydrogen) atoms. The predicted molar refractivity (Wildman–Crippen MR) is 60.5 cm³/mol. The number of rotatable bonds is 6. The maximum absolute atomic E-state index is 8.99. The monoisotopic (exact) mass is 210 g/mol. The highest BCUT2D eigenvalue weighted by molar-refractivity contribution is 4.94. The van der Waals surface area contributed by atoms with Crippen molar-refractivity contribution in [3.05, 3.63) is 0 Å². The van der Waals surface area contributed by atoms with Gasteiger partial charge in [-0.1, -0.05) is 12.8 Å². The molecule has 0 aromatic carbocycles. The Hall–Kier alpha value is -0.590. The van der Waals surface area contributed by atoms with Crippen LogP contribution in [0.2, 0.25) is 0 Å². The van der Waals surface area contributed by atoms with Crippen LogP contribution < -0.4 is 5.32 Å². The number of nitriles is 1. The fourth-order valence-corrected chi connectivity index (χ4v) is 2.14. The van der Waals surface area contributed by atoms with Crippen molar-refractivity contribution in [2.24, 2.45) is 5.92 Å². The van der Waals surface area contributed by atoms with E-state index in [1.54, 1.807) is 0 Å². The summed E-state index contributed by atoms with van der Waals surface area (Å²) in [5.41, 5.74) is 0. The van der Waals surface area contributed by atoms with Crippen LogP contribution in [0.1, 0.15) is 39.0 Å². The Morgan fingerprint density at radius 3 is 2.93 bits per heavy atom. The highest BCUT2D eigenvalue weighted by Crippen LogP contribution is 2.23. The molecule has 1 fully saturated rings. The molecule has 2 unspecified atom stereocenters. The highest BCUT2D eigenvalue weighted by atomic mass is 16.5. The Balaban J connectivity index is 2.10. The van der Waals surface area contributed by atoms with Crippen molar-refractivity contribution in [3.63, 3.8) is 0 Å². The second kappa shape index (κ2) is 7.67. The molecule has 1 N–H and O–H groups in total. The van der Waals surface area contributed by atoms with Gasteiger partial charge in [0.1, 0.15) is 0 Å². The van der Waals surface area contributed by atoms with Gasteiger partial charge in [-0.2, -0.15) is 5.26 Å². The van der Waals surface area contributed by atoms with Crippen molar-refractivity contribution < 1.29 is 4.74 Å². The summed E-state index contributed by atoms with van der Waals surface area (Å²) in [7, 11) is 0. The van der Waals surface area contributed by atoms with Gasteiger partial charge in [0.25, 0.3) is 0 Å². The van der Waals surface area contributed by atoms with E-state index in [0.717, 1.165) is 39.0 Å². The van der Waals surface area contributed by atoms with Crippen LogP contribution >= 0.6 is 0 Å². The second-order valence-electron chi connectivity index (χ2n) is 4.13. The van der Waals surface area contributed by atoms with Gasteiger partial charge in [-0.25, -0.2) is 0 Å². The number of ether oxygens (including phenoxy) is 1. The molecular weight excluding hydrogens is 188 g/mol. The van der Waals surface area contributed by atoms with Gasteiger partial charge in [-0.05, 0) is 32.7 Å². The van der Waals surface area contributed by atoms with E-state index in [1.807, 2.05) is 6.92 Å². The van der Waals surface area contributed by atoms with Gasteiger partial charge >= 0.3 is 0 Å². The van der Waals surface area contributed by atoms with Crippen LogP contribution in [-0.2, 0) is 4.74 Å². The molecule has 3 heteroatoms. The van der Waals surface area contributed by atoms with Crippen LogP contribution in [0.5, 0.6) is 0 Å². The van der Waals surface area contributed by atoms with Crippen LogP contribution in [0.3, 0.4) is 0 Å². The summed E-state index contributed by atoms with van der Waals surface area (Å²) in [6.45, 7) is 4.61. The van der Waals surface area contributed by atoms with Crippen LogP contribution in [-0.4, -0.2) is 25.8 Å². The number of hydrogen-bond acceptors (Lipinski definition) is 3. The molecule has 3 nitrogen and oxygen atoms in total.